The third-order valence-corrected chi connectivity index (χ3v) is 9.67. The SMILES string of the molecule is Cc1cccc(N2CCN(CCNC(=O)c3ccc(C=C4Sc5ccccc5N(Cc5ccccc5F)C4=O)cc3)CC2)c1C. The Hall–Kier alpha value is -4.40. The van der Waals surface area contributed by atoms with Crippen LogP contribution in [0.15, 0.2) is 101 Å². The Labute approximate surface area is 268 Å². The summed E-state index contributed by atoms with van der Waals surface area (Å²) in [4.78, 5) is 34.4. The Bertz CT molecular complexity index is 1730. The second kappa shape index (κ2) is 13.7. The first-order valence-corrected chi connectivity index (χ1v) is 16.1. The molecule has 230 valence electrons. The highest BCUT2D eigenvalue weighted by Crippen LogP contribution is 2.42. The number of nitrogens with zero attached hydrogens (tertiary/aromatic N) is 3. The number of carbonyl (C=O) groups excluding carboxylic acids is 2. The van der Waals surface area contributed by atoms with E-state index >= 15 is 0 Å². The fourth-order valence-electron chi connectivity index (χ4n) is 5.82. The van der Waals surface area contributed by atoms with Gasteiger partial charge in [-0.3, -0.25) is 14.5 Å². The zero-order valence-corrected chi connectivity index (χ0v) is 26.4. The molecule has 8 heteroatoms. The standard InChI is InChI=1S/C37H37FN4O2S/c1-26-8-7-12-32(27(26)2)41-22-20-40(21-23-41)19-18-39-36(43)29-16-14-28(15-17-29)24-35-37(44)42(25-30-9-3-4-10-31(30)38)33-11-5-6-13-34(33)45-35/h3-17,24H,18-23,25H2,1-2H3,(H,39,43). The number of anilines is 2. The van der Waals surface area contributed by atoms with Gasteiger partial charge in [-0.1, -0.05) is 66.4 Å². The molecule has 0 radical (unpaired) electrons. The maximum atomic E-state index is 14.5. The van der Waals surface area contributed by atoms with Crippen LogP contribution in [-0.2, 0) is 11.3 Å². The second-order valence-electron chi connectivity index (χ2n) is 11.5. The average Bonchev–Trinajstić information content (AvgIpc) is 3.06. The van der Waals surface area contributed by atoms with Crippen LogP contribution in [0.2, 0.25) is 0 Å². The summed E-state index contributed by atoms with van der Waals surface area (Å²) in [5, 5.41) is 3.05. The van der Waals surface area contributed by atoms with E-state index < -0.39 is 0 Å². The lowest BCUT2D eigenvalue weighted by Crippen LogP contribution is -2.48. The molecule has 6 rings (SSSR count). The van der Waals surface area contributed by atoms with Crippen LogP contribution < -0.4 is 15.1 Å². The number of rotatable bonds is 8. The van der Waals surface area contributed by atoms with Crippen molar-refractivity contribution in [3.8, 4) is 0 Å². The van der Waals surface area contributed by atoms with Gasteiger partial charge in [-0.2, -0.15) is 0 Å². The highest BCUT2D eigenvalue weighted by atomic mass is 32.2. The van der Waals surface area contributed by atoms with Gasteiger partial charge in [-0.15, -0.1) is 0 Å². The number of para-hydroxylation sites is 1. The summed E-state index contributed by atoms with van der Waals surface area (Å²) in [6.07, 6.45) is 1.83. The molecule has 45 heavy (non-hydrogen) atoms. The van der Waals surface area contributed by atoms with Crippen LogP contribution in [-0.4, -0.2) is 56.0 Å². The molecule has 0 bridgehead atoms. The minimum absolute atomic E-state index is 0.115. The van der Waals surface area contributed by atoms with E-state index in [1.807, 2.05) is 42.5 Å². The van der Waals surface area contributed by atoms with Crippen LogP contribution in [0.5, 0.6) is 0 Å². The number of halogens is 1. The van der Waals surface area contributed by atoms with Gasteiger partial charge < -0.3 is 15.1 Å². The van der Waals surface area contributed by atoms with Crippen LogP contribution in [0.3, 0.4) is 0 Å². The summed E-state index contributed by atoms with van der Waals surface area (Å²) in [5.41, 5.74) is 6.60. The maximum Gasteiger partial charge on any atom is 0.265 e. The third kappa shape index (κ3) is 6.97. The van der Waals surface area contributed by atoms with Crippen LogP contribution in [0.25, 0.3) is 6.08 Å². The van der Waals surface area contributed by atoms with Crippen molar-refractivity contribution in [3.05, 3.63) is 130 Å². The van der Waals surface area contributed by atoms with Crippen molar-refractivity contribution >= 4 is 41.0 Å². The van der Waals surface area contributed by atoms with E-state index in [0.717, 1.165) is 48.9 Å². The normalized spacial score (nSPS) is 16.2. The number of piperazine rings is 1. The average molecular weight is 621 g/mol. The predicted octanol–water partition coefficient (Wildman–Crippen LogP) is 6.67. The Balaban J connectivity index is 1.04. The number of nitrogens with one attached hydrogen (secondary N) is 1. The van der Waals surface area contributed by atoms with Gasteiger partial charge in [0.05, 0.1) is 17.1 Å². The molecule has 0 atom stereocenters. The quantitative estimate of drug-likeness (QED) is 0.223. The van der Waals surface area contributed by atoms with Crippen molar-refractivity contribution in [2.24, 2.45) is 0 Å². The first kappa shape index (κ1) is 30.6. The number of thioether (sulfide) groups is 1. The van der Waals surface area contributed by atoms with Crippen LogP contribution in [0.1, 0.15) is 32.6 Å². The summed E-state index contributed by atoms with van der Waals surface area (Å²) in [6, 6.07) is 28.0. The molecule has 0 spiro atoms. The van der Waals surface area contributed by atoms with E-state index in [9.17, 15) is 14.0 Å². The molecule has 0 aromatic heterocycles. The van der Waals surface area contributed by atoms with Gasteiger partial charge in [0.2, 0.25) is 0 Å². The van der Waals surface area contributed by atoms with Gasteiger partial charge in [0.1, 0.15) is 5.82 Å². The van der Waals surface area contributed by atoms with Crippen LogP contribution in [0, 0.1) is 19.7 Å². The van der Waals surface area contributed by atoms with E-state index in [-0.39, 0.29) is 24.2 Å². The van der Waals surface area contributed by atoms with E-state index in [2.05, 4.69) is 47.2 Å². The summed E-state index contributed by atoms with van der Waals surface area (Å²) in [7, 11) is 0. The van der Waals surface area contributed by atoms with Crippen molar-refractivity contribution in [1.29, 1.82) is 0 Å². The van der Waals surface area contributed by atoms with Gasteiger partial charge in [0.25, 0.3) is 11.8 Å². The first-order chi connectivity index (χ1) is 21.9. The molecule has 0 unspecified atom stereocenters. The van der Waals surface area contributed by atoms with E-state index in [1.54, 1.807) is 35.2 Å². The van der Waals surface area contributed by atoms with E-state index in [1.165, 1.54) is 34.6 Å². The maximum absolute atomic E-state index is 14.5. The highest BCUT2D eigenvalue weighted by Gasteiger charge is 2.29. The lowest BCUT2D eigenvalue weighted by molar-refractivity contribution is -0.114. The molecule has 1 N–H and O–H groups in total. The lowest BCUT2D eigenvalue weighted by Gasteiger charge is -2.37. The van der Waals surface area contributed by atoms with E-state index in [4.69, 9.17) is 0 Å². The molecule has 4 aromatic rings. The zero-order chi connectivity index (χ0) is 31.3. The van der Waals surface area contributed by atoms with Crippen molar-refractivity contribution in [2.75, 3.05) is 49.1 Å². The van der Waals surface area contributed by atoms with Crippen LogP contribution in [0.4, 0.5) is 15.8 Å². The Morgan fingerprint density at radius 3 is 2.36 bits per heavy atom. The third-order valence-electron chi connectivity index (χ3n) is 8.59. The summed E-state index contributed by atoms with van der Waals surface area (Å²) in [6.45, 7) is 9.75. The smallest absolute Gasteiger partial charge is 0.265 e. The first-order valence-electron chi connectivity index (χ1n) is 15.3. The van der Waals surface area contributed by atoms with Gasteiger partial charge in [-0.25, -0.2) is 4.39 Å². The molecule has 6 nitrogen and oxygen atoms in total. The number of hydrogen-bond acceptors (Lipinski definition) is 5. The largest absolute Gasteiger partial charge is 0.369 e. The lowest BCUT2D eigenvalue weighted by atomic mass is 10.1. The second-order valence-corrected chi connectivity index (χ2v) is 12.6. The number of amides is 2. The number of aryl methyl sites for hydroxylation is 1. The predicted molar refractivity (Wildman–Crippen MR) is 181 cm³/mol. The molecule has 2 amide bonds. The molecule has 2 aliphatic heterocycles. The highest BCUT2D eigenvalue weighted by molar-refractivity contribution is 8.04. The monoisotopic (exact) mass is 620 g/mol. The number of fused-ring (bicyclic) bond motifs is 1. The number of hydrogen-bond donors (Lipinski definition) is 1. The Morgan fingerprint density at radius 1 is 0.867 bits per heavy atom. The van der Waals surface area contributed by atoms with Crippen molar-refractivity contribution in [3.63, 3.8) is 0 Å². The molecule has 4 aromatic carbocycles. The minimum Gasteiger partial charge on any atom is -0.369 e. The Kier molecular flexibility index (Phi) is 9.33. The minimum atomic E-state index is -0.337. The number of benzene rings is 4. The fraction of sp³-hybridized carbons (Fsp3) is 0.243. The molecule has 1 saturated heterocycles. The molecular weight excluding hydrogens is 583 g/mol. The number of carbonyl (C=O) groups is 2. The van der Waals surface area contributed by atoms with Gasteiger partial charge >= 0.3 is 0 Å². The van der Waals surface area contributed by atoms with Gasteiger partial charge in [-0.05, 0) is 73.0 Å². The van der Waals surface area contributed by atoms with Crippen molar-refractivity contribution in [2.45, 2.75) is 25.3 Å². The topological polar surface area (TPSA) is 55.9 Å². The van der Waals surface area contributed by atoms with Gasteiger partial charge in [0.15, 0.2) is 0 Å². The summed E-state index contributed by atoms with van der Waals surface area (Å²) >= 11 is 1.40. The van der Waals surface area contributed by atoms with Crippen molar-refractivity contribution < 1.29 is 14.0 Å². The van der Waals surface area contributed by atoms with Crippen molar-refractivity contribution in [1.82, 2.24) is 10.2 Å². The Morgan fingerprint density at radius 2 is 1.58 bits per heavy atom. The van der Waals surface area contributed by atoms with Gasteiger partial charge in [0, 0.05) is 61.0 Å². The zero-order valence-electron chi connectivity index (χ0n) is 25.6. The summed E-state index contributed by atoms with van der Waals surface area (Å²) < 4.78 is 14.5. The molecule has 1 fully saturated rings. The molecule has 0 aliphatic carbocycles. The molecule has 0 saturated carbocycles. The molecule has 2 heterocycles. The fourth-order valence-corrected chi connectivity index (χ4v) is 6.88. The summed E-state index contributed by atoms with van der Waals surface area (Å²) in [5.74, 6) is -0.633. The molecule has 2 aliphatic rings. The van der Waals surface area contributed by atoms with Crippen LogP contribution >= 0.6 is 11.8 Å². The van der Waals surface area contributed by atoms with E-state index in [0.29, 0.717) is 22.6 Å². The molecular formula is C37H37FN4O2S.